The van der Waals surface area contributed by atoms with Gasteiger partial charge in [0.25, 0.3) is 5.91 Å². The van der Waals surface area contributed by atoms with E-state index < -0.39 is 29.0 Å². The van der Waals surface area contributed by atoms with Gasteiger partial charge in [0.1, 0.15) is 5.41 Å². The number of aliphatic hydroxyl groups is 1. The van der Waals surface area contributed by atoms with Crippen LogP contribution >= 0.6 is 0 Å². The minimum absolute atomic E-state index is 0.0518. The number of aliphatic hydroxyl groups excluding tert-OH is 1. The van der Waals surface area contributed by atoms with Crippen LogP contribution in [0.4, 0.5) is 0 Å². The zero-order valence-corrected chi connectivity index (χ0v) is 12.6. The summed E-state index contributed by atoms with van der Waals surface area (Å²) >= 11 is 0. The zero-order chi connectivity index (χ0) is 16.5. The van der Waals surface area contributed by atoms with Crippen LogP contribution in [0.15, 0.2) is 41.7 Å². The Kier molecular flexibility index (Phi) is 4.03. The Bertz CT molecular complexity index is 664. The van der Waals surface area contributed by atoms with E-state index in [-0.39, 0.29) is 12.2 Å². The van der Waals surface area contributed by atoms with E-state index in [4.69, 9.17) is 4.74 Å². The molecule has 0 aromatic heterocycles. The van der Waals surface area contributed by atoms with Crippen LogP contribution in [0.1, 0.15) is 19.4 Å². The van der Waals surface area contributed by atoms with Gasteiger partial charge in [-0.3, -0.25) is 14.5 Å². The predicted molar refractivity (Wildman–Crippen MR) is 77.9 cm³/mol. The molecule has 1 N–H and O–H groups in total. The van der Waals surface area contributed by atoms with Crippen LogP contribution in [0.5, 0.6) is 0 Å². The summed E-state index contributed by atoms with van der Waals surface area (Å²) in [7, 11) is 1.32. The van der Waals surface area contributed by atoms with Gasteiger partial charge in [-0.25, -0.2) is 4.79 Å². The van der Waals surface area contributed by atoms with E-state index in [9.17, 15) is 19.5 Å². The van der Waals surface area contributed by atoms with Gasteiger partial charge in [-0.15, -0.1) is 0 Å². The van der Waals surface area contributed by atoms with Gasteiger partial charge < -0.3 is 9.84 Å². The molecule has 0 radical (unpaired) electrons. The van der Waals surface area contributed by atoms with Gasteiger partial charge in [0, 0.05) is 7.05 Å². The lowest BCUT2D eigenvalue weighted by molar-refractivity contribution is -0.142. The molecule has 0 spiro atoms. The Morgan fingerprint density at radius 1 is 1.27 bits per heavy atom. The second-order valence-corrected chi connectivity index (χ2v) is 5.10. The molecule has 1 saturated heterocycles. The monoisotopic (exact) mass is 303 g/mol. The maximum Gasteiger partial charge on any atom is 0.373 e. The van der Waals surface area contributed by atoms with Gasteiger partial charge in [-0.2, -0.15) is 0 Å². The second kappa shape index (κ2) is 5.63. The summed E-state index contributed by atoms with van der Waals surface area (Å²) in [6.45, 7) is 3.15. The fraction of sp³-hybridized carbons (Fsp3) is 0.312. The van der Waals surface area contributed by atoms with E-state index in [1.165, 1.54) is 14.0 Å². The van der Waals surface area contributed by atoms with Gasteiger partial charge in [-0.1, -0.05) is 30.3 Å². The third-order valence-electron chi connectivity index (χ3n) is 3.81. The van der Waals surface area contributed by atoms with Crippen molar-refractivity contribution in [2.75, 3.05) is 13.7 Å². The summed E-state index contributed by atoms with van der Waals surface area (Å²) in [4.78, 5) is 37.6. The fourth-order valence-electron chi connectivity index (χ4n) is 2.60. The topological polar surface area (TPSA) is 83.9 Å². The molecule has 1 aromatic rings. The number of imide groups is 1. The summed E-state index contributed by atoms with van der Waals surface area (Å²) in [6, 6.07) is 8.54. The van der Waals surface area contributed by atoms with Crippen LogP contribution in [0, 0.1) is 0 Å². The molecule has 1 heterocycles. The van der Waals surface area contributed by atoms with Crippen LogP contribution in [0.3, 0.4) is 0 Å². The first-order valence-corrected chi connectivity index (χ1v) is 6.84. The maximum absolute atomic E-state index is 12.5. The number of ether oxygens (including phenoxy) is 1. The number of hydrogen-bond acceptors (Lipinski definition) is 5. The number of carbonyl (C=O) groups excluding carboxylic acids is 3. The number of benzene rings is 1. The predicted octanol–water partition coefficient (Wildman–Crippen LogP) is 1.32. The number of amides is 2. The molecule has 22 heavy (non-hydrogen) atoms. The van der Waals surface area contributed by atoms with Crippen molar-refractivity contribution in [2.24, 2.45) is 0 Å². The van der Waals surface area contributed by atoms with Gasteiger partial charge in [0.05, 0.1) is 12.2 Å². The van der Waals surface area contributed by atoms with E-state index in [1.54, 1.807) is 37.3 Å². The molecule has 0 bridgehead atoms. The summed E-state index contributed by atoms with van der Waals surface area (Å²) in [6.07, 6.45) is 0. The quantitative estimate of drug-likeness (QED) is 0.394. The molecule has 0 aliphatic carbocycles. The first-order chi connectivity index (χ1) is 10.4. The highest BCUT2D eigenvalue weighted by molar-refractivity contribution is 6.21. The first-order valence-electron chi connectivity index (χ1n) is 6.84. The Morgan fingerprint density at radius 2 is 1.86 bits per heavy atom. The number of carbonyl (C=O) groups is 3. The third-order valence-corrected chi connectivity index (χ3v) is 3.81. The van der Waals surface area contributed by atoms with Crippen molar-refractivity contribution >= 4 is 17.8 Å². The van der Waals surface area contributed by atoms with Crippen molar-refractivity contribution < 1.29 is 24.2 Å². The molecule has 0 unspecified atom stereocenters. The van der Waals surface area contributed by atoms with E-state index in [0.29, 0.717) is 5.56 Å². The van der Waals surface area contributed by atoms with Crippen molar-refractivity contribution in [1.29, 1.82) is 0 Å². The van der Waals surface area contributed by atoms with Crippen LogP contribution in [-0.2, 0) is 24.5 Å². The summed E-state index contributed by atoms with van der Waals surface area (Å²) in [5, 5.41) is 10.2. The van der Waals surface area contributed by atoms with E-state index >= 15 is 0 Å². The number of nitrogens with zero attached hydrogens (tertiary/aromatic N) is 1. The van der Waals surface area contributed by atoms with Gasteiger partial charge in [0.2, 0.25) is 11.7 Å². The molecular formula is C16H17NO5. The lowest BCUT2D eigenvalue weighted by Gasteiger charge is -2.23. The number of hydrogen-bond donors (Lipinski definition) is 1. The van der Waals surface area contributed by atoms with Crippen LogP contribution in [-0.4, -0.2) is 41.4 Å². The summed E-state index contributed by atoms with van der Waals surface area (Å²) in [5.41, 5.74) is -1.17. The number of esters is 1. The molecule has 2 rings (SSSR count). The molecule has 2 amide bonds. The molecule has 1 aliphatic heterocycles. The Morgan fingerprint density at radius 3 is 2.41 bits per heavy atom. The van der Waals surface area contributed by atoms with E-state index in [0.717, 1.165) is 4.90 Å². The average Bonchev–Trinajstić information content (AvgIpc) is 2.70. The van der Waals surface area contributed by atoms with Crippen LogP contribution in [0.25, 0.3) is 0 Å². The molecule has 6 nitrogen and oxygen atoms in total. The minimum atomic E-state index is -1.43. The number of rotatable bonds is 3. The second-order valence-electron chi connectivity index (χ2n) is 5.10. The molecule has 1 aromatic carbocycles. The average molecular weight is 303 g/mol. The van der Waals surface area contributed by atoms with Crippen molar-refractivity contribution in [1.82, 2.24) is 4.90 Å². The lowest BCUT2D eigenvalue weighted by atomic mass is 9.76. The Hall–Kier alpha value is -2.63. The number of likely N-dealkylation sites (N-methyl/N-ethyl adjacent to an activating group) is 1. The van der Waals surface area contributed by atoms with Crippen molar-refractivity contribution in [2.45, 2.75) is 19.3 Å². The molecule has 1 fully saturated rings. The first kappa shape index (κ1) is 15.8. The Labute approximate surface area is 128 Å². The normalized spacial score (nSPS) is 23.7. The standard InChI is InChI=1S/C16H17NO5/c1-4-22-14(20)12(18)11-13(19)17(3)15(21)16(11,2)10-8-6-5-7-9-10/h5-9,18H,4H2,1-3H3/b12-11-/t16-/m1/s1. The lowest BCUT2D eigenvalue weighted by Crippen LogP contribution is -2.35. The molecule has 1 atom stereocenters. The molecular weight excluding hydrogens is 286 g/mol. The molecule has 0 saturated carbocycles. The van der Waals surface area contributed by atoms with Crippen molar-refractivity contribution in [3.63, 3.8) is 0 Å². The smallest absolute Gasteiger partial charge is 0.373 e. The van der Waals surface area contributed by atoms with Crippen molar-refractivity contribution in [3.05, 3.63) is 47.2 Å². The van der Waals surface area contributed by atoms with Gasteiger partial charge >= 0.3 is 5.97 Å². The van der Waals surface area contributed by atoms with Crippen LogP contribution in [0.2, 0.25) is 0 Å². The maximum atomic E-state index is 12.5. The summed E-state index contributed by atoms with van der Waals surface area (Å²) in [5.74, 6) is -3.05. The van der Waals surface area contributed by atoms with Gasteiger partial charge in [-0.05, 0) is 19.4 Å². The molecule has 1 aliphatic rings. The van der Waals surface area contributed by atoms with Crippen LogP contribution < -0.4 is 0 Å². The zero-order valence-electron chi connectivity index (χ0n) is 12.6. The minimum Gasteiger partial charge on any atom is -0.501 e. The van der Waals surface area contributed by atoms with Crippen molar-refractivity contribution in [3.8, 4) is 0 Å². The number of likely N-dealkylation sites (tertiary alicyclic amines) is 1. The largest absolute Gasteiger partial charge is 0.501 e. The molecule has 116 valence electrons. The van der Waals surface area contributed by atoms with Gasteiger partial charge in [0.15, 0.2) is 0 Å². The highest BCUT2D eigenvalue weighted by atomic mass is 16.5. The highest BCUT2D eigenvalue weighted by Crippen LogP contribution is 2.41. The third kappa shape index (κ3) is 2.16. The van der Waals surface area contributed by atoms with E-state index in [1.807, 2.05) is 0 Å². The molecule has 6 heteroatoms. The highest BCUT2D eigenvalue weighted by Gasteiger charge is 2.55. The SMILES string of the molecule is CCOC(=O)/C(O)=C1\C(=O)N(C)C(=O)[C@]1(C)c1ccccc1. The fourth-order valence-corrected chi connectivity index (χ4v) is 2.60. The summed E-state index contributed by atoms with van der Waals surface area (Å²) < 4.78 is 4.74. The Balaban J connectivity index is 2.68. The van der Waals surface area contributed by atoms with E-state index in [2.05, 4.69) is 0 Å².